The van der Waals surface area contributed by atoms with Crippen LogP contribution in [0.1, 0.15) is 11.3 Å². The molecule has 0 unspecified atom stereocenters. The van der Waals surface area contributed by atoms with Gasteiger partial charge in [0.15, 0.2) is 5.96 Å². The molecule has 0 aliphatic heterocycles. The first-order valence-corrected chi connectivity index (χ1v) is 8.51. The number of aromatic amines is 1. The molecule has 0 radical (unpaired) electrons. The molecule has 0 amide bonds. The van der Waals surface area contributed by atoms with Gasteiger partial charge in [-0.15, -0.1) is 0 Å². The maximum Gasteiger partial charge on any atom is 0.354 e. The molecule has 0 fully saturated rings. The molecule has 0 saturated carbocycles. The van der Waals surface area contributed by atoms with Crippen molar-refractivity contribution in [3.8, 4) is 5.69 Å². The van der Waals surface area contributed by atoms with E-state index in [2.05, 4.69) is 20.3 Å². The zero-order valence-corrected chi connectivity index (χ0v) is 14.9. The molecule has 3 aromatic rings. The average molecular weight is 371 g/mol. The molecule has 6 N–H and O–H groups in total. The summed E-state index contributed by atoms with van der Waals surface area (Å²) < 4.78 is 15.1. The highest BCUT2D eigenvalue weighted by Crippen LogP contribution is 2.13. The number of hydrogen-bond donors (Lipinski definition) is 4. The highest BCUT2D eigenvalue weighted by Gasteiger charge is 2.07. The number of fused-ring (bicyclic) bond motifs is 1. The van der Waals surface area contributed by atoms with Crippen LogP contribution in [0.15, 0.2) is 46.3 Å². The number of alkyl halides is 1. The van der Waals surface area contributed by atoms with E-state index in [1.54, 1.807) is 6.20 Å². The van der Waals surface area contributed by atoms with Gasteiger partial charge in [0.25, 0.3) is 0 Å². The number of nitrogens with one attached hydrogen (secondary N) is 2. The van der Waals surface area contributed by atoms with Gasteiger partial charge < -0.3 is 21.8 Å². The molecule has 9 heteroatoms. The van der Waals surface area contributed by atoms with E-state index in [1.807, 2.05) is 37.3 Å². The molecule has 1 atom stereocenters. The number of aryl methyl sites for hydroxylation is 1. The van der Waals surface area contributed by atoms with Gasteiger partial charge >= 0.3 is 5.69 Å². The summed E-state index contributed by atoms with van der Waals surface area (Å²) in [7, 11) is 0. The zero-order valence-electron chi connectivity index (χ0n) is 14.9. The first-order chi connectivity index (χ1) is 12.9. The number of rotatable bonds is 7. The number of H-pyrrole nitrogens is 1. The molecule has 142 valence electrons. The van der Waals surface area contributed by atoms with Gasteiger partial charge in [0.1, 0.15) is 11.8 Å². The average Bonchev–Trinajstić information content (AvgIpc) is 2.99. The van der Waals surface area contributed by atoms with Gasteiger partial charge in [0.2, 0.25) is 0 Å². The van der Waals surface area contributed by atoms with E-state index >= 15 is 0 Å². The third kappa shape index (κ3) is 4.70. The molecule has 27 heavy (non-hydrogen) atoms. The summed E-state index contributed by atoms with van der Waals surface area (Å²) in [5, 5.41) is 3.88. The Bertz CT molecular complexity index is 1000. The third-order valence-corrected chi connectivity index (χ3v) is 4.02. The van der Waals surface area contributed by atoms with Gasteiger partial charge in [-0.05, 0) is 30.7 Å². The Hall–Kier alpha value is -3.20. The van der Waals surface area contributed by atoms with Crippen molar-refractivity contribution in [2.75, 3.05) is 13.1 Å². The van der Waals surface area contributed by atoms with Gasteiger partial charge in [0, 0.05) is 30.4 Å². The van der Waals surface area contributed by atoms with Crippen LogP contribution in [0, 0.1) is 6.92 Å². The number of halogens is 1. The Morgan fingerprint density at radius 1 is 1.37 bits per heavy atom. The van der Waals surface area contributed by atoms with Crippen LogP contribution >= 0.6 is 0 Å². The fraction of sp³-hybridized carbons (Fsp3) is 0.278. The molecule has 0 aliphatic carbocycles. The number of aliphatic imine (C=N–C) groups is 1. The zero-order chi connectivity index (χ0) is 19.4. The van der Waals surface area contributed by atoms with Crippen LogP contribution in [0.25, 0.3) is 16.7 Å². The Labute approximate surface area is 155 Å². The van der Waals surface area contributed by atoms with Gasteiger partial charge in [-0.2, -0.15) is 4.98 Å². The Morgan fingerprint density at radius 2 is 2.11 bits per heavy atom. The first-order valence-electron chi connectivity index (χ1n) is 8.51. The molecular weight excluding hydrogens is 349 g/mol. The summed E-state index contributed by atoms with van der Waals surface area (Å²) in [4.78, 5) is 23.0. The normalized spacial score (nSPS) is 12.2. The van der Waals surface area contributed by atoms with Crippen molar-refractivity contribution in [3.63, 3.8) is 0 Å². The SMILES string of the molecule is Cc1cc2cn(-c3ccc(CNC[C@H](F)CN=C(N)N)cc3)c(=O)nc2[nH]1. The molecule has 1 aromatic carbocycles. The largest absolute Gasteiger partial charge is 0.370 e. The topological polar surface area (TPSA) is 127 Å². The number of aromatic nitrogens is 3. The second-order valence-electron chi connectivity index (χ2n) is 6.31. The van der Waals surface area contributed by atoms with Gasteiger partial charge in [-0.3, -0.25) is 9.56 Å². The van der Waals surface area contributed by atoms with E-state index in [9.17, 15) is 9.18 Å². The van der Waals surface area contributed by atoms with Crippen molar-refractivity contribution in [2.24, 2.45) is 16.5 Å². The summed E-state index contributed by atoms with van der Waals surface area (Å²) >= 11 is 0. The van der Waals surface area contributed by atoms with Crippen molar-refractivity contribution in [2.45, 2.75) is 19.6 Å². The van der Waals surface area contributed by atoms with Crippen molar-refractivity contribution in [3.05, 3.63) is 58.3 Å². The minimum absolute atomic E-state index is 0.0642. The van der Waals surface area contributed by atoms with E-state index < -0.39 is 6.17 Å². The van der Waals surface area contributed by atoms with Crippen molar-refractivity contribution >= 4 is 17.0 Å². The van der Waals surface area contributed by atoms with Crippen LogP contribution in [0.3, 0.4) is 0 Å². The highest BCUT2D eigenvalue weighted by molar-refractivity contribution is 5.76. The molecule has 3 rings (SSSR count). The Balaban J connectivity index is 1.64. The van der Waals surface area contributed by atoms with Crippen molar-refractivity contribution in [1.29, 1.82) is 0 Å². The second kappa shape index (κ2) is 8.00. The predicted octanol–water partition coefficient (Wildman–Crippen LogP) is 0.723. The molecular formula is C18H22FN7O. The minimum Gasteiger partial charge on any atom is -0.370 e. The standard InChI is InChI=1S/C18H22FN7O/c1-11-6-13-10-26(18(27)25-16(13)24-11)15-4-2-12(3-5-15)7-22-8-14(19)9-23-17(20)21/h2-6,10,14,22H,7-9H2,1H3,(H4,20,21,23)(H,24,25,27)/t14-/m0/s1. The summed E-state index contributed by atoms with van der Waals surface area (Å²) in [6.45, 7) is 2.49. The Kier molecular flexibility index (Phi) is 5.51. The van der Waals surface area contributed by atoms with Gasteiger partial charge in [-0.1, -0.05) is 12.1 Å². The van der Waals surface area contributed by atoms with E-state index in [4.69, 9.17) is 11.5 Å². The van der Waals surface area contributed by atoms with Crippen molar-refractivity contribution < 1.29 is 4.39 Å². The molecule has 0 aliphatic rings. The van der Waals surface area contributed by atoms with Crippen LogP contribution in [0.4, 0.5) is 4.39 Å². The van der Waals surface area contributed by atoms with E-state index in [-0.39, 0.29) is 24.7 Å². The number of nitrogens with two attached hydrogens (primary N) is 2. The number of guanidine groups is 1. The van der Waals surface area contributed by atoms with E-state index in [1.165, 1.54) is 4.57 Å². The lowest BCUT2D eigenvalue weighted by atomic mass is 10.2. The summed E-state index contributed by atoms with van der Waals surface area (Å²) in [6, 6.07) is 9.36. The fourth-order valence-electron chi connectivity index (χ4n) is 2.73. The second-order valence-corrected chi connectivity index (χ2v) is 6.31. The number of hydrogen-bond acceptors (Lipinski definition) is 4. The minimum atomic E-state index is -1.16. The van der Waals surface area contributed by atoms with Crippen LogP contribution < -0.4 is 22.5 Å². The quantitative estimate of drug-likeness (QED) is 0.360. The summed E-state index contributed by atoms with van der Waals surface area (Å²) in [6.07, 6.45) is 0.603. The molecule has 8 nitrogen and oxygen atoms in total. The van der Waals surface area contributed by atoms with Gasteiger partial charge in [-0.25, -0.2) is 9.18 Å². The molecule has 0 bridgehead atoms. The first kappa shape index (κ1) is 18.6. The molecule has 2 heterocycles. The monoisotopic (exact) mass is 371 g/mol. The van der Waals surface area contributed by atoms with E-state index in [0.29, 0.717) is 17.9 Å². The summed E-state index contributed by atoms with van der Waals surface area (Å²) in [5.41, 5.74) is 13.2. The maximum absolute atomic E-state index is 13.6. The molecule has 0 saturated heterocycles. The lowest BCUT2D eigenvalue weighted by molar-refractivity contribution is 0.327. The smallest absolute Gasteiger partial charge is 0.354 e. The molecule has 0 spiro atoms. The van der Waals surface area contributed by atoms with Crippen LogP contribution in [0.5, 0.6) is 0 Å². The van der Waals surface area contributed by atoms with Crippen molar-refractivity contribution in [1.82, 2.24) is 19.9 Å². The lowest BCUT2D eigenvalue weighted by Crippen LogP contribution is -2.28. The predicted molar refractivity (Wildman–Crippen MR) is 104 cm³/mol. The highest BCUT2D eigenvalue weighted by atomic mass is 19.1. The number of nitrogens with zero attached hydrogens (tertiary/aromatic N) is 3. The summed E-state index contributed by atoms with van der Waals surface area (Å²) in [5.74, 6) is -0.119. The van der Waals surface area contributed by atoms with E-state index in [0.717, 1.165) is 16.6 Å². The van der Waals surface area contributed by atoms with Gasteiger partial charge in [0.05, 0.1) is 12.2 Å². The third-order valence-electron chi connectivity index (χ3n) is 4.02. The van der Waals surface area contributed by atoms with Crippen LogP contribution in [0.2, 0.25) is 0 Å². The van der Waals surface area contributed by atoms with Crippen LogP contribution in [-0.4, -0.2) is 39.8 Å². The number of benzene rings is 1. The van der Waals surface area contributed by atoms with Crippen LogP contribution in [-0.2, 0) is 6.54 Å². The lowest BCUT2D eigenvalue weighted by Gasteiger charge is -2.09. The fourth-order valence-corrected chi connectivity index (χ4v) is 2.73. The molecule has 2 aromatic heterocycles. The maximum atomic E-state index is 13.6. The Morgan fingerprint density at radius 3 is 2.81 bits per heavy atom.